The third-order valence-corrected chi connectivity index (χ3v) is 2.01. The van der Waals surface area contributed by atoms with Gasteiger partial charge in [0.2, 0.25) is 5.88 Å². The Kier molecular flexibility index (Phi) is 2.63. The van der Waals surface area contributed by atoms with E-state index in [0.717, 1.165) is 0 Å². The first-order valence-electron chi connectivity index (χ1n) is 4.74. The molecule has 6 heteroatoms. The molecule has 2 rings (SSSR count). The summed E-state index contributed by atoms with van der Waals surface area (Å²) in [5, 5.41) is 10.6. The van der Waals surface area contributed by atoms with Crippen molar-refractivity contribution < 1.29 is 9.66 Å². The van der Waals surface area contributed by atoms with Gasteiger partial charge in [-0.15, -0.1) is 0 Å². The molecule has 0 spiro atoms. The third-order valence-electron chi connectivity index (χ3n) is 2.01. The van der Waals surface area contributed by atoms with E-state index < -0.39 is 4.92 Å². The molecule has 0 amide bonds. The van der Waals surface area contributed by atoms with Gasteiger partial charge in [0.05, 0.1) is 28.8 Å². The molecule has 0 aliphatic rings. The van der Waals surface area contributed by atoms with Gasteiger partial charge in [0.25, 0.3) is 5.69 Å². The molecular weight excluding hydrogens is 210 g/mol. The van der Waals surface area contributed by atoms with Crippen molar-refractivity contribution in [3.63, 3.8) is 0 Å². The van der Waals surface area contributed by atoms with Gasteiger partial charge in [0.1, 0.15) is 0 Å². The van der Waals surface area contributed by atoms with E-state index in [-0.39, 0.29) is 5.69 Å². The molecule has 16 heavy (non-hydrogen) atoms. The Bertz CT molecular complexity index is 542. The minimum atomic E-state index is -0.464. The third kappa shape index (κ3) is 1.90. The minimum Gasteiger partial charge on any atom is -0.477 e. The maximum absolute atomic E-state index is 10.6. The highest BCUT2D eigenvalue weighted by molar-refractivity contribution is 5.77. The van der Waals surface area contributed by atoms with Crippen LogP contribution in [0.25, 0.3) is 11.0 Å². The molecule has 0 radical (unpaired) electrons. The SMILES string of the molecule is CCOc1cnc2ccc([N+](=O)[O-])cc2n1. The Morgan fingerprint density at radius 1 is 1.44 bits per heavy atom. The lowest BCUT2D eigenvalue weighted by Gasteiger charge is -2.02. The number of hydrogen-bond acceptors (Lipinski definition) is 5. The molecule has 0 unspecified atom stereocenters. The summed E-state index contributed by atoms with van der Waals surface area (Å²) < 4.78 is 5.17. The highest BCUT2D eigenvalue weighted by Crippen LogP contribution is 2.19. The molecule has 0 atom stereocenters. The number of aromatic nitrogens is 2. The Balaban J connectivity index is 2.52. The summed E-state index contributed by atoms with van der Waals surface area (Å²) in [6, 6.07) is 4.35. The molecule has 0 bridgehead atoms. The van der Waals surface area contributed by atoms with Crippen LogP contribution in [0.4, 0.5) is 5.69 Å². The first kappa shape index (κ1) is 10.3. The fourth-order valence-corrected chi connectivity index (χ4v) is 1.31. The van der Waals surface area contributed by atoms with Crippen molar-refractivity contribution in [1.82, 2.24) is 9.97 Å². The van der Waals surface area contributed by atoms with Gasteiger partial charge in [0.15, 0.2) is 0 Å². The van der Waals surface area contributed by atoms with Gasteiger partial charge in [-0.05, 0) is 13.0 Å². The van der Waals surface area contributed by atoms with Crippen molar-refractivity contribution in [3.05, 3.63) is 34.5 Å². The summed E-state index contributed by atoms with van der Waals surface area (Å²) in [4.78, 5) is 18.3. The standard InChI is InChI=1S/C10H9N3O3/c1-2-16-10-6-11-8-4-3-7(13(14)15)5-9(8)12-10/h3-6H,2H2,1H3. The van der Waals surface area contributed by atoms with Crippen molar-refractivity contribution in [2.24, 2.45) is 0 Å². The molecule has 1 aromatic carbocycles. The topological polar surface area (TPSA) is 78.2 Å². The minimum absolute atomic E-state index is 0.00421. The van der Waals surface area contributed by atoms with Gasteiger partial charge in [-0.1, -0.05) is 0 Å². The van der Waals surface area contributed by atoms with Crippen LogP contribution in [0.5, 0.6) is 5.88 Å². The Hall–Kier alpha value is -2.24. The van der Waals surface area contributed by atoms with Crippen molar-refractivity contribution in [2.45, 2.75) is 6.92 Å². The highest BCUT2D eigenvalue weighted by atomic mass is 16.6. The normalized spacial score (nSPS) is 10.3. The van der Waals surface area contributed by atoms with Crippen LogP contribution in [0.2, 0.25) is 0 Å². The number of nitro benzene ring substituents is 1. The van der Waals surface area contributed by atoms with Crippen LogP contribution in [-0.4, -0.2) is 21.5 Å². The zero-order chi connectivity index (χ0) is 11.5. The molecule has 0 saturated carbocycles. The maximum Gasteiger partial charge on any atom is 0.271 e. The second-order valence-corrected chi connectivity index (χ2v) is 3.07. The van der Waals surface area contributed by atoms with E-state index >= 15 is 0 Å². The van der Waals surface area contributed by atoms with E-state index in [2.05, 4.69) is 9.97 Å². The molecule has 0 aliphatic carbocycles. The zero-order valence-corrected chi connectivity index (χ0v) is 8.58. The van der Waals surface area contributed by atoms with Gasteiger partial charge < -0.3 is 4.74 Å². The smallest absolute Gasteiger partial charge is 0.271 e. The average Bonchev–Trinajstić information content (AvgIpc) is 2.28. The van der Waals surface area contributed by atoms with Gasteiger partial charge in [-0.2, -0.15) is 0 Å². The first-order chi connectivity index (χ1) is 7.70. The number of nitrogens with zero attached hydrogens (tertiary/aromatic N) is 3. The Morgan fingerprint density at radius 3 is 2.94 bits per heavy atom. The van der Waals surface area contributed by atoms with Crippen LogP contribution in [0.3, 0.4) is 0 Å². The molecule has 0 N–H and O–H groups in total. The molecular formula is C10H9N3O3. The van der Waals surface area contributed by atoms with Crippen LogP contribution in [-0.2, 0) is 0 Å². The number of hydrogen-bond donors (Lipinski definition) is 0. The fraction of sp³-hybridized carbons (Fsp3) is 0.200. The molecule has 6 nitrogen and oxygen atoms in total. The monoisotopic (exact) mass is 219 g/mol. The molecule has 0 aliphatic heterocycles. The Labute approximate surface area is 91.0 Å². The molecule has 2 aromatic rings. The van der Waals surface area contributed by atoms with Crippen LogP contribution < -0.4 is 4.74 Å². The lowest BCUT2D eigenvalue weighted by atomic mass is 10.2. The van der Waals surface area contributed by atoms with Crippen LogP contribution in [0.15, 0.2) is 24.4 Å². The first-order valence-corrected chi connectivity index (χ1v) is 4.74. The summed E-state index contributed by atoms with van der Waals surface area (Å²) >= 11 is 0. The molecule has 1 aromatic heterocycles. The molecule has 0 saturated heterocycles. The van der Waals surface area contributed by atoms with E-state index in [0.29, 0.717) is 23.5 Å². The lowest BCUT2D eigenvalue weighted by molar-refractivity contribution is -0.384. The number of non-ortho nitro benzene ring substituents is 1. The van der Waals surface area contributed by atoms with Gasteiger partial charge in [-0.25, -0.2) is 9.97 Å². The van der Waals surface area contributed by atoms with Crippen molar-refractivity contribution in [2.75, 3.05) is 6.61 Å². The summed E-state index contributed by atoms with van der Waals surface area (Å²) in [6.07, 6.45) is 1.50. The van der Waals surface area contributed by atoms with E-state index in [1.54, 1.807) is 6.07 Å². The number of fused-ring (bicyclic) bond motifs is 1. The highest BCUT2D eigenvalue weighted by Gasteiger charge is 2.08. The summed E-state index contributed by atoms with van der Waals surface area (Å²) in [7, 11) is 0. The molecule has 0 fully saturated rings. The number of nitro groups is 1. The van der Waals surface area contributed by atoms with Crippen molar-refractivity contribution in [3.8, 4) is 5.88 Å². The maximum atomic E-state index is 10.6. The quantitative estimate of drug-likeness (QED) is 0.582. The van der Waals surface area contributed by atoms with Crippen molar-refractivity contribution >= 4 is 16.7 Å². The number of ether oxygens (including phenoxy) is 1. The van der Waals surface area contributed by atoms with Crippen LogP contribution in [0.1, 0.15) is 6.92 Å². The Morgan fingerprint density at radius 2 is 2.25 bits per heavy atom. The predicted molar refractivity (Wildman–Crippen MR) is 57.4 cm³/mol. The number of rotatable bonds is 3. The molecule has 82 valence electrons. The lowest BCUT2D eigenvalue weighted by Crippen LogP contribution is -1.96. The van der Waals surface area contributed by atoms with E-state index in [1.165, 1.54) is 18.3 Å². The van der Waals surface area contributed by atoms with Gasteiger partial charge in [-0.3, -0.25) is 10.1 Å². The number of benzene rings is 1. The largest absolute Gasteiger partial charge is 0.477 e. The van der Waals surface area contributed by atoms with Crippen molar-refractivity contribution in [1.29, 1.82) is 0 Å². The van der Waals surface area contributed by atoms with E-state index in [9.17, 15) is 10.1 Å². The van der Waals surface area contributed by atoms with Crippen LogP contribution >= 0.6 is 0 Å². The van der Waals surface area contributed by atoms with E-state index in [4.69, 9.17) is 4.74 Å². The van der Waals surface area contributed by atoms with Gasteiger partial charge in [0, 0.05) is 12.1 Å². The second-order valence-electron chi connectivity index (χ2n) is 3.07. The summed E-state index contributed by atoms with van der Waals surface area (Å²) in [5.41, 5.74) is 1.06. The van der Waals surface area contributed by atoms with Gasteiger partial charge >= 0.3 is 0 Å². The average molecular weight is 219 g/mol. The summed E-state index contributed by atoms with van der Waals surface area (Å²) in [5.74, 6) is 0.371. The second kappa shape index (κ2) is 4.09. The van der Waals surface area contributed by atoms with E-state index in [1.807, 2.05) is 6.92 Å². The molecule has 1 heterocycles. The fourth-order valence-electron chi connectivity index (χ4n) is 1.31. The summed E-state index contributed by atoms with van der Waals surface area (Å²) in [6.45, 7) is 2.31. The van der Waals surface area contributed by atoms with Crippen LogP contribution in [0, 0.1) is 10.1 Å². The zero-order valence-electron chi connectivity index (χ0n) is 8.58. The predicted octanol–water partition coefficient (Wildman–Crippen LogP) is 1.94.